The molecule has 13 heavy (non-hydrogen) atoms. The summed E-state index contributed by atoms with van der Waals surface area (Å²) in [6.07, 6.45) is 0. The number of aryl methyl sites for hydroxylation is 1. The molecule has 2 rings (SSSR count). The lowest BCUT2D eigenvalue weighted by molar-refractivity contribution is 0.271. The van der Waals surface area contributed by atoms with Crippen LogP contribution in [-0.4, -0.2) is 24.7 Å². The zero-order valence-corrected chi connectivity index (χ0v) is 7.86. The van der Waals surface area contributed by atoms with Crippen LogP contribution < -0.4 is 0 Å². The molecule has 0 atom stereocenters. The predicted molar refractivity (Wildman–Crippen MR) is 48.7 cm³/mol. The van der Waals surface area contributed by atoms with Crippen molar-refractivity contribution >= 4 is 18.4 Å². The van der Waals surface area contributed by atoms with Crippen molar-refractivity contribution in [3.05, 3.63) is 17.6 Å². The smallest absolute Gasteiger partial charge is 0.253 e. The van der Waals surface area contributed by atoms with E-state index in [-0.39, 0.29) is 6.61 Å². The third-order valence-corrected chi connectivity index (χ3v) is 1.93. The lowest BCUT2D eigenvalue weighted by Gasteiger charge is -1.96. The lowest BCUT2D eigenvalue weighted by Crippen LogP contribution is -1.95. The minimum atomic E-state index is -0.185. The molecule has 0 fully saturated rings. The van der Waals surface area contributed by atoms with Crippen molar-refractivity contribution in [2.75, 3.05) is 0 Å². The summed E-state index contributed by atoms with van der Waals surface area (Å²) in [5.74, 6) is 0.822. The van der Waals surface area contributed by atoms with Gasteiger partial charge in [0, 0.05) is 5.69 Å². The van der Waals surface area contributed by atoms with Gasteiger partial charge in [-0.15, -0.1) is 17.7 Å². The van der Waals surface area contributed by atoms with E-state index in [9.17, 15) is 0 Å². The molecule has 1 N–H and O–H groups in total. The second-order valence-corrected chi connectivity index (χ2v) is 3.11. The van der Waals surface area contributed by atoms with Crippen LogP contribution in [0.25, 0.3) is 5.78 Å². The van der Waals surface area contributed by atoms with Crippen LogP contribution in [0, 0.1) is 6.92 Å². The van der Waals surface area contributed by atoms with Gasteiger partial charge in [0.25, 0.3) is 5.78 Å². The number of rotatable bonds is 1. The molecule has 0 unspecified atom stereocenters. The van der Waals surface area contributed by atoms with Crippen LogP contribution in [0.5, 0.6) is 0 Å². The van der Waals surface area contributed by atoms with E-state index in [1.165, 1.54) is 4.52 Å². The average molecular weight is 196 g/mol. The van der Waals surface area contributed by atoms with Crippen LogP contribution in [0.15, 0.2) is 11.1 Å². The molecule has 2 heterocycles. The summed E-state index contributed by atoms with van der Waals surface area (Å²) in [5, 5.41) is 13.5. The molecule has 6 heteroatoms. The second kappa shape index (κ2) is 2.97. The molecular weight excluding hydrogens is 188 g/mol. The van der Waals surface area contributed by atoms with Gasteiger partial charge in [-0.2, -0.15) is 9.50 Å². The first-order chi connectivity index (χ1) is 6.20. The summed E-state index contributed by atoms with van der Waals surface area (Å²) in [5.41, 5.74) is 0.828. The fourth-order valence-corrected chi connectivity index (χ4v) is 1.40. The standard InChI is InChI=1S/C7H8N4OS/c1-4-2-6(13)11-7(8-4)9-5(3-12)10-11/h2,12-13H,3H2,1H3. The maximum atomic E-state index is 8.81. The predicted octanol–water partition coefficient (Wildman–Crippen LogP) is 0.214. The first kappa shape index (κ1) is 8.46. The van der Waals surface area contributed by atoms with Gasteiger partial charge in [0.15, 0.2) is 5.82 Å². The van der Waals surface area contributed by atoms with Gasteiger partial charge in [0.05, 0.1) is 0 Å². The van der Waals surface area contributed by atoms with Crippen molar-refractivity contribution in [2.24, 2.45) is 0 Å². The molecule has 0 amide bonds. The minimum absolute atomic E-state index is 0.185. The quantitative estimate of drug-likeness (QED) is 0.505. The Balaban J connectivity index is 2.75. The Kier molecular flexibility index (Phi) is 1.93. The van der Waals surface area contributed by atoms with E-state index in [0.29, 0.717) is 16.6 Å². The van der Waals surface area contributed by atoms with Crippen LogP contribution in [0.4, 0.5) is 0 Å². The molecule has 2 aromatic rings. The molecular formula is C7H8N4OS. The Morgan fingerprint density at radius 1 is 1.54 bits per heavy atom. The van der Waals surface area contributed by atoms with Crippen LogP contribution in [-0.2, 0) is 6.61 Å². The molecule has 2 aromatic heterocycles. The molecule has 0 saturated heterocycles. The van der Waals surface area contributed by atoms with E-state index >= 15 is 0 Å². The Bertz CT molecular complexity index is 453. The summed E-state index contributed by atoms with van der Waals surface area (Å²) in [7, 11) is 0. The van der Waals surface area contributed by atoms with Crippen molar-refractivity contribution < 1.29 is 5.11 Å². The number of thiol groups is 1. The third kappa shape index (κ3) is 1.38. The number of aromatic nitrogens is 4. The highest BCUT2D eigenvalue weighted by Gasteiger charge is 2.06. The highest BCUT2D eigenvalue weighted by molar-refractivity contribution is 7.80. The maximum absolute atomic E-state index is 8.81. The van der Waals surface area contributed by atoms with Gasteiger partial charge in [0.1, 0.15) is 11.6 Å². The Morgan fingerprint density at radius 2 is 2.31 bits per heavy atom. The second-order valence-electron chi connectivity index (χ2n) is 2.65. The van der Waals surface area contributed by atoms with Crippen molar-refractivity contribution in [3.63, 3.8) is 0 Å². The van der Waals surface area contributed by atoms with E-state index in [0.717, 1.165) is 5.69 Å². The summed E-state index contributed by atoms with van der Waals surface area (Å²) in [6, 6.07) is 1.78. The minimum Gasteiger partial charge on any atom is -0.388 e. The summed E-state index contributed by atoms with van der Waals surface area (Å²) >= 11 is 4.21. The Labute approximate surface area is 79.9 Å². The van der Waals surface area contributed by atoms with Gasteiger partial charge in [-0.05, 0) is 13.0 Å². The van der Waals surface area contributed by atoms with Crippen LogP contribution in [0.1, 0.15) is 11.5 Å². The molecule has 0 aliphatic heterocycles. The van der Waals surface area contributed by atoms with E-state index in [4.69, 9.17) is 5.11 Å². The molecule has 5 nitrogen and oxygen atoms in total. The SMILES string of the molecule is Cc1cc(S)n2nc(CO)nc2n1. The van der Waals surface area contributed by atoms with Gasteiger partial charge in [-0.3, -0.25) is 0 Å². The Hall–Kier alpha value is -1.14. The van der Waals surface area contributed by atoms with E-state index in [1.807, 2.05) is 6.92 Å². The number of hydrogen-bond acceptors (Lipinski definition) is 5. The molecule has 0 spiro atoms. The Morgan fingerprint density at radius 3 is 3.00 bits per heavy atom. The van der Waals surface area contributed by atoms with Crippen molar-refractivity contribution in [1.82, 2.24) is 19.6 Å². The number of hydrogen-bond donors (Lipinski definition) is 2. The summed E-state index contributed by atoms with van der Waals surface area (Å²) in [4.78, 5) is 8.13. The fraction of sp³-hybridized carbons (Fsp3) is 0.286. The molecule has 68 valence electrons. The molecule has 0 aliphatic rings. The maximum Gasteiger partial charge on any atom is 0.253 e. The van der Waals surface area contributed by atoms with Gasteiger partial charge in [0.2, 0.25) is 0 Å². The zero-order chi connectivity index (χ0) is 9.42. The van der Waals surface area contributed by atoms with Crippen LogP contribution in [0.2, 0.25) is 0 Å². The lowest BCUT2D eigenvalue weighted by atomic mass is 10.5. The monoisotopic (exact) mass is 196 g/mol. The van der Waals surface area contributed by atoms with E-state index in [2.05, 4.69) is 27.7 Å². The molecule has 0 aliphatic carbocycles. The zero-order valence-electron chi connectivity index (χ0n) is 6.97. The highest BCUT2D eigenvalue weighted by atomic mass is 32.1. The van der Waals surface area contributed by atoms with Gasteiger partial charge < -0.3 is 5.11 Å². The van der Waals surface area contributed by atoms with Crippen molar-refractivity contribution in [1.29, 1.82) is 0 Å². The molecule has 0 bridgehead atoms. The number of aliphatic hydroxyl groups excluding tert-OH is 1. The molecule has 0 saturated carbocycles. The summed E-state index contributed by atoms with van der Waals surface area (Å²) < 4.78 is 1.49. The van der Waals surface area contributed by atoms with Gasteiger partial charge in [-0.25, -0.2) is 4.98 Å². The fourth-order valence-electron chi connectivity index (χ4n) is 1.08. The summed E-state index contributed by atoms with van der Waals surface area (Å²) in [6.45, 7) is 1.67. The normalized spacial score (nSPS) is 11.0. The first-order valence-electron chi connectivity index (χ1n) is 3.74. The van der Waals surface area contributed by atoms with Crippen LogP contribution in [0.3, 0.4) is 0 Å². The number of fused-ring (bicyclic) bond motifs is 1. The highest BCUT2D eigenvalue weighted by Crippen LogP contribution is 2.09. The molecule has 0 aromatic carbocycles. The van der Waals surface area contributed by atoms with Crippen LogP contribution >= 0.6 is 12.6 Å². The average Bonchev–Trinajstić information content (AvgIpc) is 2.47. The number of nitrogens with zero attached hydrogens (tertiary/aromatic N) is 4. The third-order valence-electron chi connectivity index (χ3n) is 1.61. The van der Waals surface area contributed by atoms with Crippen molar-refractivity contribution in [3.8, 4) is 0 Å². The number of aliphatic hydroxyl groups is 1. The van der Waals surface area contributed by atoms with Gasteiger partial charge >= 0.3 is 0 Å². The van der Waals surface area contributed by atoms with Crippen molar-refractivity contribution in [2.45, 2.75) is 18.6 Å². The first-order valence-corrected chi connectivity index (χ1v) is 4.18. The molecule has 0 radical (unpaired) electrons. The van der Waals surface area contributed by atoms with E-state index in [1.54, 1.807) is 6.07 Å². The topological polar surface area (TPSA) is 63.3 Å². The van der Waals surface area contributed by atoms with E-state index < -0.39 is 0 Å². The van der Waals surface area contributed by atoms with Gasteiger partial charge in [-0.1, -0.05) is 0 Å². The largest absolute Gasteiger partial charge is 0.388 e.